The van der Waals surface area contributed by atoms with E-state index >= 15 is 0 Å². The number of nitrogens with zero attached hydrogens (tertiary/aromatic N) is 3. The number of nitrogens with one attached hydrogen (secondary N) is 1. The molecule has 0 saturated heterocycles. The van der Waals surface area contributed by atoms with Crippen molar-refractivity contribution in [2.24, 2.45) is 11.8 Å². The molecule has 174 valence electrons. The molecule has 1 unspecified atom stereocenters. The number of carbonyl (C=O) groups is 2. The van der Waals surface area contributed by atoms with Gasteiger partial charge in [-0.25, -0.2) is 4.98 Å². The van der Waals surface area contributed by atoms with E-state index in [1.165, 1.54) is 13.4 Å². The van der Waals surface area contributed by atoms with Gasteiger partial charge in [0.25, 0.3) is 5.56 Å². The molecule has 1 fully saturated rings. The Bertz CT molecular complexity index is 1060. The lowest BCUT2D eigenvalue weighted by molar-refractivity contribution is -0.157. The topological polar surface area (TPSA) is 142 Å². The van der Waals surface area contributed by atoms with Gasteiger partial charge in [-0.1, -0.05) is 33.3 Å². The summed E-state index contributed by atoms with van der Waals surface area (Å²) in [4.78, 5) is 48.2. The Kier molecular flexibility index (Phi) is 7.32. The van der Waals surface area contributed by atoms with Gasteiger partial charge in [-0.15, -0.1) is 0 Å². The quantitative estimate of drug-likeness (QED) is 0.443. The number of hydrogen-bond donors (Lipinski definition) is 2. The largest absolute Gasteiger partial charge is 0.469 e. The smallest absolute Gasteiger partial charge is 0.309 e. The van der Waals surface area contributed by atoms with Gasteiger partial charge in [0.05, 0.1) is 25.4 Å². The van der Waals surface area contributed by atoms with E-state index in [1.54, 1.807) is 4.57 Å². The average Bonchev–Trinajstić information content (AvgIpc) is 3.31. The first kappa shape index (κ1) is 23.5. The molecule has 32 heavy (non-hydrogen) atoms. The Hall–Kier alpha value is -3.17. The number of nitrogens with two attached hydrogens (primary N) is 1. The Labute approximate surface area is 186 Å². The van der Waals surface area contributed by atoms with E-state index in [0.29, 0.717) is 30.5 Å². The normalized spacial score (nSPS) is 21.6. The summed E-state index contributed by atoms with van der Waals surface area (Å²) in [5.74, 6) is -1.60. The summed E-state index contributed by atoms with van der Waals surface area (Å²) < 4.78 is 12.6. The molecule has 0 radical (unpaired) electrons. The second-order valence-corrected chi connectivity index (χ2v) is 8.18. The minimum absolute atomic E-state index is 0.0228. The third-order valence-corrected chi connectivity index (χ3v) is 6.05. The fourth-order valence-corrected chi connectivity index (χ4v) is 4.54. The zero-order chi connectivity index (χ0) is 23.4. The van der Waals surface area contributed by atoms with Crippen molar-refractivity contribution in [3.63, 3.8) is 0 Å². The standard InChI is InChI=1S/C22H31N5O5/c1-5-7-9-16(28)32-15-10-14(12(3)17(15)13(8-6-2)21(30)31-4)27-11-24-18-19(27)25-22(23)26-20(18)29/h11,13-15,17H,3,5-10H2,1-2,4H3,(H3,23,25,26,29)/t13?,14-,15-,17-/m0/s1. The molecule has 0 aliphatic heterocycles. The number of carbonyl (C=O) groups excluding carboxylic acids is 2. The molecule has 1 saturated carbocycles. The second kappa shape index (κ2) is 9.97. The van der Waals surface area contributed by atoms with E-state index in [-0.39, 0.29) is 29.4 Å². The van der Waals surface area contributed by atoms with Crippen LogP contribution in [0, 0.1) is 11.8 Å². The zero-order valence-electron chi connectivity index (χ0n) is 18.8. The van der Waals surface area contributed by atoms with Crippen LogP contribution in [0.25, 0.3) is 11.2 Å². The van der Waals surface area contributed by atoms with Gasteiger partial charge in [0.2, 0.25) is 5.95 Å². The number of H-pyrrole nitrogens is 1. The predicted octanol–water partition coefficient (Wildman–Crippen LogP) is 2.51. The SMILES string of the molecule is C=C1[C@@H](C(CCC)C(=O)OC)[C@@H](OC(=O)CCCC)C[C@@H]1n1cnc2c(=O)[nH]c(N)nc21. The minimum Gasteiger partial charge on any atom is -0.469 e. The van der Waals surface area contributed by atoms with Gasteiger partial charge >= 0.3 is 11.9 Å². The van der Waals surface area contributed by atoms with Crippen LogP contribution in [0.2, 0.25) is 0 Å². The summed E-state index contributed by atoms with van der Waals surface area (Å²) in [6, 6.07) is -0.369. The zero-order valence-corrected chi connectivity index (χ0v) is 18.8. The molecule has 4 atom stereocenters. The maximum absolute atomic E-state index is 12.6. The molecule has 3 N–H and O–H groups in total. The molecular weight excluding hydrogens is 414 g/mol. The lowest BCUT2D eigenvalue weighted by Gasteiger charge is -2.27. The van der Waals surface area contributed by atoms with E-state index in [2.05, 4.69) is 21.5 Å². The van der Waals surface area contributed by atoms with Gasteiger partial charge < -0.3 is 19.8 Å². The number of nitrogen functional groups attached to an aromatic ring is 1. The van der Waals surface area contributed by atoms with Crippen LogP contribution in [0.15, 0.2) is 23.3 Å². The molecule has 10 heteroatoms. The van der Waals surface area contributed by atoms with E-state index in [0.717, 1.165) is 19.3 Å². The molecule has 0 aromatic carbocycles. The Morgan fingerprint density at radius 1 is 1.38 bits per heavy atom. The first-order valence-electron chi connectivity index (χ1n) is 11.0. The molecule has 2 aromatic rings. The molecule has 1 aliphatic carbocycles. The summed E-state index contributed by atoms with van der Waals surface area (Å²) in [6.07, 6.45) is 4.59. The van der Waals surface area contributed by atoms with Crippen LogP contribution >= 0.6 is 0 Å². The summed E-state index contributed by atoms with van der Waals surface area (Å²) in [7, 11) is 1.35. The third-order valence-electron chi connectivity index (χ3n) is 6.05. The van der Waals surface area contributed by atoms with E-state index in [1.807, 2.05) is 13.8 Å². The van der Waals surface area contributed by atoms with Gasteiger partial charge in [0.1, 0.15) is 6.10 Å². The first-order valence-corrected chi connectivity index (χ1v) is 11.0. The van der Waals surface area contributed by atoms with Crippen LogP contribution in [-0.4, -0.2) is 44.7 Å². The van der Waals surface area contributed by atoms with Crippen molar-refractivity contribution in [3.8, 4) is 0 Å². The predicted molar refractivity (Wildman–Crippen MR) is 119 cm³/mol. The van der Waals surface area contributed by atoms with Crippen molar-refractivity contribution in [1.29, 1.82) is 0 Å². The highest BCUT2D eigenvalue weighted by molar-refractivity contribution is 5.74. The number of anilines is 1. The fourth-order valence-electron chi connectivity index (χ4n) is 4.54. The average molecular weight is 446 g/mol. The van der Waals surface area contributed by atoms with Crippen LogP contribution < -0.4 is 11.3 Å². The van der Waals surface area contributed by atoms with Crippen LogP contribution in [0.5, 0.6) is 0 Å². The number of aromatic amines is 1. The van der Waals surface area contributed by atoms with Crippen LogP contribution in [0.1, 0.15) is 58.4 Å². The molecule has 0 amide bonds. The molecule has 0 bridgehead atoms. The molecule has 1 aliphatic rings. The number of hydrogen-bond acceptors (Lipinski definition) is 8. The maximum atomic E-state index is 12.6. The summed E-state index contributed by atoms with van der Waals surface area (Å²) in [6.45, 7) is 8.26. The minimum atomic E-state index is -0.552. The Morgan fingerprint density at radius 2 is 2.12 bits per heavy atom. The first-order chi connectivity index (χ1) is 15.3. The number of rotatable bonds is 9. The van der Waals surface area contributed by atoms with Crippen LogP contribution in [-0.2, 0) is 19.1 Å². The maximum Gasteiger partial charge on any atom is 0.309 e. The number of ether oxygens (including phenoxy) is 2. The van der Waals surface area contributed by atoms with E-state index in [4.69, 9.17) is 15.2 Å². The number of imidazole rings is 1. The van der Waals surface area contributed by atoms with Gasteiger partial charge in [-0.05, 0) is 18.4 Å². The highest BCUT2D eigenvalue weighted by atomic mass is 16.5. The molecule has 3 rings (SSSR count). The number of esters is 2. The van der Waals surface area contributed by atoms with E-state index in [9.17, 15) is 14.4 Å². The lowest BCUT2D eigenvalue weighted by Crippen LogP contribution is -2.33. The Balaban J connectivity index is 2.01. The summed E-state index contributed by atoms with van der Waals surface area (Å²) >= 11 is 0. The van der Waals surface area contributed by atoms with Gasteiger partial charge in [0.15, 0.2) is 11.2 Å². The van der Waals surface area contributed by atoms with Crippen molar-refractivity contribution < 1.29 is 19.1 Å². The molecule has 10 nitrogen and oxygen atoms in total. The van der Waals surface area contributed by atoms with Crippen molar-refractivity contribution in [1.82, 2.24) is 19.5 Å². The highest BCUT2D eigenvalue weighted by Crippen LogP contribution is 2.46. The third kappa shape index (κ3) is 4.53. The van der Waals surface area contributed by atoms with Crippen molar-refractivity contribution in [2.75, 3.05) is 12.8 Å². The number of methoxy groups -OCH3 is 1. The van der Waals surface area contributed by atoms with Gasteiger partial charge in [0, 0.05) is 18.8 Å². The molecular formula is C22H31N5O5. The highest BCUT2D eigenvalue weighted by Gasteiger charge is 2.47. The number of unbranched alkanes of at least 4 members (excludes halogenated alkanes) is 1. The second-order valence-electron chi connectivity index (χ2n) is 8.18. The van der Waals surface area contributed by atoms with Crippen molar-refractivity contribution >= 4 is 29.1 Å². The van der Waals surface area contributed by atoms with Crippen LogP contribution in [0.4, 0.5) is 5.95 Å². The number of aromatic nitrogens is 4. The fraction of sp³-hybridized carbons (Fsp3) is 0.591. The summed E-state index contributed by atoms with van der Waals surface area (Å²) in [5.41, 5.74) is 6.49. The van der Waals surface area contributed by atoms with Crippen molar-refractivity contribution in [2.45, 2.75) is 64.5 Å². The molecule has 0 spiro atoms. The van der Waals surface area contributed by atoms with Gasteiger partial charge in [-0.2, -0.15) is 4.98 Å². The summed E-state index contributed by atoms with van der Waals surface area (Å²) in [5, 5.41) is 0. The van der Waals surface area contributed by atoms with Gasteiger partial charge in [-0.3, -0.25) is 19.4 Å². The monoisotopic (exact) mass is 445 g/mol. The molecule has 2 aromatic heterocycles. The van der Waals surface area contributed by atoms with Crippen LogP contribution in [0.3, 0.4) is 0 Å². The number of fused-ring (bicyclic) bond motifs is 1. The molecule has 2 heterocycles. The Morgan fingerprint density at radius 3 is 2.78 bits per heavy atom. The lowest BCUT2D eigenvalue weighted by atomic mass is 9.83. The van der Waals surface area contributed by atoms with Crippen molar-refractivity contribution in [3.05, 3.63) is 28.8 Å². The van der Waals surface area contributed by atoms with E-state index < -0.39 is 23.5 Å².